The Hall–Kier alpha value is -2.63. The molecule has 0 fully saturated rings. The first-order valence-corrected chi connectivity index (χ1v) is 7.70. The quantitative estimate of drug-likeness (QED) is 0.821. The molecule has 0 atom stereocenters. The van der Waals surface area contributed by atoms with Gasteiger partial charge in [0.05, 0.1) is 6.61 Å². The summed E-state index contributed by atoms with van der Waals surface area (Å²) in [4.78, 5) is 12.1. The maximum Gasteiger partial charge on any atom is 0.276 e. The number of amides is 1. The fraction of sp³-hybridized carbons (Fsp3) is 0.353. The molecule has 6 nitrogen and oxygen atoms in total. The number of anilines is 2. The number of carbonyl (C=O) groups excluding carboxylic acids is 1. The maximum absolute atomic E-state index is 12.1. The number of aromatic nitrogens is 2. The third kappa shape index (κ3) is 5.25. The van der Waals surface area contributed by atoms with Crippen molar-refractivity contribution in [2.24, 2.45) is 5.92 Å². The van der Waals surface area contributed by atoms with Crippen molar-refractivity contribution in [1.29, 1.82) is 0 Å². The van der Waals surface area contributed by atoms with Crippen LogP contribution in [-0.2, 0) is 0 Å². The van der Waals surface area contributed by atoms with Gasteiger partial charge in [-0.15, -0.1) is 10.2 Å². The van der Waals surface area contributed by atoms with Crippen molar-refractivity contribution in [3.05, 3.63) is 42.1 Å². The van der Waals surface area contributed by atoms with Gasteiger partial charge in [0.1, 0.15) is 11.6 Å². The summed E-state index contributed by atoms with van der Waals surface area (Å²) in [6.45, 7) is 7.57. The van der Waals surface area contributed by atoms with E-state index in [9.17, 15) is 4.79 Å². The molecule has 0 radical (unpaired) electrons. The molecular formula is C17H22N4O2. The number of hydrogen-bond acceptors (Lipinski definition) is 5. The molecule has 122 valence electrons. The van der Waals surface area contributed by atoms with Gasteiger partial charge in [-0.2, -0.15) is 0 Å². The molecular weight excluding hydrogens is 292 g/mol. The highest BCUT2D eigenvalue weighted by atomic mass is 16.5. The molecule has 6 heteroatoms. The van der Waals surface area contributed by atoms with Gasteiger partial charge in [0.15, 0.2) is 5.69 Å². The lowest BCUT2D eigenvalue weighted by molar-refractivity contribution is 0.102. The van der Waals surface area contributed by atoms with Crippen LogP contribution in [0.3, 0.4) is 0 Å². The average Bonchev–Trinajstić information content (AvgIpc) is 2.55. The minimum atomic E-state index is -0.294. The van der Waals surface area contributed by atoms with E-state index in [1.54, 1.807) is 24.3 Å². The van der Waals surface area contributed by atoms with E-state index >= 15 is 0 Å². The van der Waals surface area contributed by atoms with E-state index in [2.05, 4.69) is 34.7 Å². The second kappa shape index (κ2) is 8.12. The SMILES string of the molecule is CCOc1ccc(NC(=O)c2ccc(NCC(C)C)nn2)cc1. The maximum atomic E-state index is 12.1. The first-order valence-electron chi connectivity index (χ1n) is 7.70. The van der Waals surface area contributed by atoms with Gasteiger partial charge >= 0.3 is 0 Å². The summed E-state index contributed by atoms with van der Waals surface area (Å²) >= 11 is 0. The third-order valence-corrected chi connectivity index (χ3v) is 3.01. The summed E-state index contributed by atoms with van der Waals surface area (Å²) in [5.74, 6) is 1.65. The van der Waals surface area contributed by atoms with Gasteiger partial charge in [-0.25, -0.2) is 0 Å². The Kier molecular flexibility index (Phi) is 5.91. The molecule has 23 heavy (non-hydrogen) atoms. The van der Waals surface area contributed by atoms with E-state index < -0.39 is 0 Å². The third-order valence-electron chi connectivity index (χ3n) is 3.01. The Bertz CT molecular complexity index is 624. The van der Waals surface area contributed by atoms with Gasteiger partial charge in [-0.3, -0.25) is 4.79 Å². The molecule has 0 unspecified atom stereocenters. The molecule has 0 aliphatic rings. The number of ether oxygens (including phenoxy) is 1. The van der Waals surface area contributed by atoms with Crippen LogP contribution in [0.4, 0.5) is 11.5 Å². The van der Waals surface area contributed by atoms with Crippen LogP contribution >= 0.6 is 0 Å². The molecule has 1 heterocycles. The Balaban J connectivity index is 1.94. The minimum Gasteiger partial charge on any atom is -0.494 e. The summed E-state index contributed by atoms with van der Waals surface area (Å²) in [5.41, 5.74) is 0.955. The van der Waals surface area contributed by atoms with Crippen LogP contribution in [0.2, 0.25) is 0 Å². The van der Waals surface area contributed by atoms with Crippen LogP contribution in [0, 0.1) is 5.92 Å². The fourth-order valence-electron chi connectivity index (χ4n) is 1.85. The van der Waals surface area contributed by atoms with Crippen LogP contribution in [-0.4, -0.2) is 29.3 Å². The van der Waals surface area contributed by atoms with Crippen LogP contribution in [0.1, 0.15) is 31.3 Å². The summed E-state index contributed by atoms with van der Waals surface area (Å²) in [7, 11) is 0. The molecule has 1 amide bonds. The first-order chi connectivity index (χ1) is 11.1. The summed E-state index contributed by atoms with van der Waals surface area (Å²) in [5, 5.41) is 13.9. The first kappa shape index (κ1) is 16.7. The van der Waals surface area contributed by atoms with E-state index in [4.69, 9.17) is 4.74 Å². The van der Waals surface area contributed by atoms with Gasteiger partial charge in [0, 0.05) is 12.2 Å². The molecule has 1 aromatic carbocycles. The van der Waals surface area contributed by atoms with Crippen molar-refractivity contribution in [2.45, 2.75) is 20.8 Å². The predicted octanol–water partition coefficient (Wildman–Crippen LogP) is 3.20. The van der Waals surface area contributed by atoms with Crippen molar-refractivity contribution in [1.82, 2.24) is 10.2 Å². The second-order valence-corrected chi connectivity index (χ2v) is 5.49. The van der Waals surface area contributed by atoms with Gasteiger partial charge in [-0.1, -0.05) is 13.8 Å². The molecule has 0 aliphatic heterocycles. The summed E-state index contributed by atoms with van der Waals surface area (Å²) < 4.78 is 5.36. The van der Waals surface area contributed by atoms with E-state index in [1.165, 1.54) is 0 Å². The molecule has 2 N–H and O–H groups in total. The van der Waals surface area contributed by atoms with Gasteiger partial charge in [0.25, 0.3) is 5.91 Å². The Morgan fingerprint density at radius 3 is 2.43 bits per heavy atom. The zero-order valence-electron chi connectivity index (χ0n) is 13.7. The van der Waals surface area contributed by atoms with Crippen LogP contribution in [0.5, 0.6) is 5.75 Å². The van der Waals surface area contributed by atoms with Gasteiger partial charge in [-0.05, 0) is 49.2 Å². The normalized spacial score (nSPS) is 10.4. The average molecular weight is 314 g/mol. The lowest BCUT2D eigenvalue weighted by Gasteiger charge is -2.08. The number of hydrogen-bond donors (Lipinski definition) is 2. The zero-order chi connectivity index (χ0) is 16.7. The van der Waals surface area contributed by atoms with E-state index in [0.717, 1.165) is 12.3 Å². The van der Waals surface area contributed by atoms with E-state index in [1.807, 2.05) is 19.1 Å². The van der Waals surface area contributed by atoms with E-state index in [0.29, 0.717) is 24.0 Å². The van der Waals surface area contributed by atoms with Crippen molar-refractivity contribution >= 4 is 17.4 Å². The van der Waals surface area contributed by atoms with Crippen molar-refractivity contribution in [3.63, 3.8) is 0 Å². The number of benzene rings is 1. The minimum absolute atomic E-state index is 0.272. The number of nitrogens with zero attached hydrogens (tertiary/aromatic N) is 2. The standard InChI is InChI=1S/C17H22N4O2/c1-4-23-14-7-5-13(6-8-14)19-17(22)15-9-10-16(21-20-15)18-11-12(2)3/h5-10,12H,4,11H2,1-3H3,(H,18,21)(H,19,22). The van der Waals surface area contributed by atoms with Crippen LogP contribution < -0.4 is 15.4 Å². The van der Waals surface area contributed by atoms with Gasteiger partial charge < -0.3 is 15.4 Å². The highest BCUT2D eigenvalue weighted by Crippen LogP contribution is 2.16. The lowest BCUT2D eigenvalue weighted by atomic mass is 10.2. The molecule has 2 aromatic rings. The highest BCUT2D eigenvalue weighted by molar-refractivity contribution is 6.02. The van der Waals surface area contributed by atoms with Crippen LogP contribution in [0.15, 0.2) is 36.4 Å². The van der Waals surface area contributed by atoms with Gasteiger partial charge in [0.2, 0.25) is 0 Å². The number of rotatable bonds is 7. The Morgan fingerprint density at radius 2 is 1.87 bits per heavy atom. The zero-order valence-corrected chi connectivity index (χ0v) is 13.7. The molecule has 0 aliphatic carbocycles. The Morgan fingerprint density at radius 1 is 1.13 bits per heavy atom. The topological polar surface area (TPSA) is 76.1 Å². The molecule has 1 aromatic heterocycles. The smallest absolute Gasteiger partial charge is 0.276 e. The predicted molar refractivity (Wildman–Crippen MR) is 90.9 cm³/mol. The van der Waals surface area contributed by atoms with Crippen molar-refractivity contribution < 1.29 is 9.53 Å². The Labute approximate surface area is 136 Å². The second-order valence-electron chi connectivity index (χ2n) is 5.49. The molecule has 0 bridgehead atoms. The lowest BCUT2D eigenvalue weighted by Crippen LogP contribution is -2.15. The molecule has 2 rings (SSSR count). The highest BCUT2D eigenvalue weighted by Gasteiger charge is 2.09. The van der Waals surface area contributed by atoms with Crippen molar-refractivity contribution in [3.8, 4) is 5.75 Å². The fourth-order valence-corrected chi connectivity index (χ4v) is 1.85. The molecule has 0 saturated carbocycles. The van der Waals surface area contributed by atoms with E-state index in [-0.39, 0.29) is 11.6 Å². The largest absolute Gasteiger partial charge is 0.494 e. The molecule has 0 saturated heterocycles. The summed E-state index contributed by atoms with van der Waals surface area (Å²) in [6.07, 6.45) is 0. The monoisotopic (exact) mass is 314 g/mol. The number of nitrogens with one attached hydrogen (secondary N) is 2. The number of carbonyl (C=O) groups is 1. The summed E-state index contributed by atoms with van der Waals surface area (Å²) in [6, 6.07) is 10.6. The molecule has 0 spiro atoms. The van der Waals surface area contributed by atoms with Crippen LogP contribution in [0.25, 0.3) is 0 Å². The van der Waals surface area contributed by atoms with Crippen molar-refractivity contribution in [2.75, 3.05) is 23.8 Å².